The Morgan fingerprint density at radius 3 is 2.52 bits per heavy atom. The monoisotopic (exact) mass is 341 g/mol. The van der Waals surface area contributed by atoms with E-state index in [-0.39, 0.29) is 24.5 Å². The van der Waals surface area contributed by atoms with Crippen molar-refractivity contribution in [1.82, 2.24) is 4.31 Å². The third-order valence-electron chi connectivity index (χ3n) is 3.94. The van der Waals surface area contributed by atoms with Crippen LogP contribution in [0.5, 0.6) is 11.5 Å². The van der Waals surface area contributed by atoms with E-state index >= 15 is 0 Å². The summed E-state index contributed by atoms with van der Waals surface area (Å²) in [5, 5.41) is 0. The van der Waals surface area contributed by atoms with Crippen molar-refractivity contribution in [2.75, 3.05) is 26.4 Å². The van der Waals surface area contributed by atoms with Crippen molar-refractivity contribution >= 4 is 16.0 Å². The van der Waals surface area contributed by atoms with Gasteiger partial charge in [0.25, 0.3) is 0 Å². The Balaban J connectivity index is 2.09. The number of benzene rings is 1. The molecule has 1 unspecified atom stereocenters. The number of rotatable bonds is 3. The molecule has 1 aromatic carbocycles. The van der Waals surface area contributed by atoms with E-state index in [0.29, 0.717) is 30.3 Å². The van der Waals surface area contributed by atoms with Gasteiger partial charge in [-0.15, -0.1) is 0 Å². The fourth-order valence-electron chi connectivity index (χ4n) is 2.95. The topological polar surface area (TPSA) is 82.1 Å². The van der Waals surface area contributed by atoms with Crippen LogP contribution in [-0.4, -0.2) is 51.1 Å². The van der Waals surface area contributed by atoms with Gasteiger partial charge < -0.3 is 14.2 Å². The third kappa shape index (κ3) is 2.66. The molecule has 2 aliphatic heterocycles. The quantitative estimate of drug-likeness (QED) is 0.762. The smallest absolute Gasteiger partial charge is 0.324 e. The maximum atomic E-state index is 12.9. The van der Waals surface area contributed by atoms with E-state index in [1.165, 1.54) is 10.4 Å². The molecule has 2 heterocycles. The Hall–Kier alpha value is -1.80. The van der Waals surface area contributed by atoms with Crippen molar-refractivity contribution in [2.24, 2.45) is 0 Å². The molecule has 0 N–H and O–H groups in total. The number of ether oxygens (including phenoxy) is 3. The molecule has 126 valence electrons. The largest absolute Gasteiger partial charge is 0.486 e. The van der Waals surface area contributed by atoms with Gasteiger partial charge in [-0.2, -0.15) is 4.31 Å². The summed E-state index contributed by atoms with van der Waals surface area (Å²) < 4.78 is 42.9. The highest BCUT2D eigenvalue weighted by Crippen LogP contribution is 2.39. The maximum absolute atomic E-state index is 12.9. The lowest BCUT2D eigenvalue weighted by atomic mass is 10.0. The molecule has 23 heavy (non-hydrogen) atoms. The van der Waals surface area contributed by atoms with Crippen molar-refractivity contribution in [3.8, 4) is 11.5 Å². The predicted octanol–water partition coefficient (Wildman–Crippen LogP) is 0.956. The number of esters is 1. The van der Waals surface area contributed by atoms with Crippen molar-refractivity contribution in [1.29, 1.82) is 0 Å². The average molecular weight is 341 g/mol. The second kappa shape index (κ2) is 6.01. The van der Waals surface area contributed by atoms with Gasteiger partial charge in [-0.25, -0.2) is 8.42 Å². The molecule has 0 aromatic heterocycles. The SMILES string of the molecule is CCOC(=O)C1Cc2cc3c(cc2S(=O)(=O)N1CC)OCCO3. The first-order valence-electron chi connectivity index (χ1n) is 7.60. The van der Waals surface area contributed by atoms with E-state index in [2.05, 4.69) is 0 Å². The van der Waals surface area contributed by atoms with E-state index in [1.807, 2.05) is 0 Å². The third-order valence-corrected chi connectivity index (χ3v) is 6.01. The predicted molar refractivity (Wildman–Crippen MR) is 81.1 cm³/mol. The number of sulfonamides is 1. The van der Waals surface area contributed by atoms with Crippen LogP contribution in [0.3, 0.4) is 0 Å². The van der Waals surface area contributed by atoms with Crippen LogP contribution in [0.15, 0.2) is 17.0 Å². The zero-order valence-corrected chi connectivity index (χ0v) is 13.9. The standard InChI is InChI=1S/C15H19NO6S/c1-3-16-11(15(17)20-4-2)7-10-8-12-13(22-6-5-21-12)9-14(10)23(16,18)19/h8-9,11H,3-7H2,1-2H3. The Morgan fingerprint density at radius 2 is 1.91 bits per heavy atom. The molecule has 0 saturated heterocycles. The van der Waals surface area contributed by atoms with Crippen LogP contribution >= 0.6 is 0 Å². The summed E-state index contributed by atoms with van der Waals surface area (Å²) in [7, 11) is -3.78. The molecule has 0 aliphatic carbocycles. The molecular formula is C15H19NO6S. The Labute approximate surface area is 135 Å². The number of hydrogen-bond acceptors (Lipinski definition) is 6. The minimum Gasteiger partial charge on any atom is -0.486 e. The van der Waals surface area contributed by atoms with E-state index in [1.54, 1.807) is 19.9 Å². The maximum Gasteiger partial charge on any atom is 0.324 e. The average Bonchev–Trinajstić information content (AvgIpc) is 2.53. The molecule has 3 rings (SSSR count). The molecule has 8 heteroatoms. The van der Waals surface area contributed by atoms with E-state index in [0.717, 1.165) is 0 Å². The fourth-order valence-corrected chi connectivity index (χ4v) is 4.76. The zero-order chi connectivity index (χ0) is 16.6. The van der Waals surface area contributed by atoms with Crippen LogP contribution in [0.25, 0.3) is 0 Å². The summed E-state index contributed by atoms with van der Waals surface area (Å²) >= 11 is 0. The Kier molecular flexibility index (Phi) is 4.20. The lowest BCUT2D eigenvalue weighted by Gasteiger charge is -2.34. The fraction of sp³-hybridized carbons (Fsp3) is 0.533. The highest BCUT2D eigenvalue weighted by atomic mass is 32.2. The molecular weight excluding hydrogens is 322 g/mol. The number of carbonyl (C=O) groups is 1. The van der Waals surface area contributed by atoms with Gasteiger partial charge in [-0.1, -0.05) is 6.92 Å². The van der Waals surface area contributed by atoms with Gasteiger partial charge in [-0.05, 0) is 18.6 Å². The van der Waals surface area contributed by atoms with Crippen LogP contribution in [0.1, 0.15) is 19.4 Å². The van der Waals surface area contributed by atoms with E-state index in [9.17, 15) is 13.2 Å². The minimum absolute atomic E-state index is 0.171. The first-order chi connectivity index (χ1) is 11.0. The molecule has 7 nitrogen and oxygen atoms in total. The van der Waals surface area contributed by atoms with Gasteiger partial charge in [0.2, 0.25) is 10.0 Å². The molecule has 1 atom stereocenters. The number of fused-ring (bicyclic) bond motifs is 2. The van der Waals surface area contributed by atoms with E-state index < -0.39 is 22.0 Å². The van der Waals surface area contributed by atoms with Gasteiger partial charge in [0.1, 0.15) is 19.3 Å². The van der Waals surface area contributed by atoms with E-state index in [4.69, 9.17) is 14.2 Å². The minimum atomic E-state index is -3.78. The normalized spacial score (nSPS) is 22.3. The summed E-state index contributed by atoms with van der Waals surface area (Å²) in [6.07, 6.45) is 0.262. The first kappa shape index (κ1) is 16.1. The summed E-state index contributed by atoms with van der Waals surface area (Å²) in [4.78, 5) is 12.3. The van der Waals surface area contributed by atoms with Crippen molar-refractivity contribution < 1.29 is 27.4 Å². The lowest BCUT2D eigenvalue weighted by Crippen LogP contribution is -2.50. The summed E-state index contributed by atoms with van der Waals surface area (Å²) in [6.45, 7) is 4.60. The summed E-state index contributed by atoms with van der Waals surface area (Å²) in [6, 6.07) is 2.30. The highest BCUT2D eigenvalue weighted by molar-refractivity contribution is 7.89. The Bertz CT molecular complexity index is 730. The molecule has 0 radical (unpaired) electrons. The first-order valence-corrected chi connectivity index (χ1v) is 9.04. The van der Waals surface area contributed by atoms with Gasteiger partial charge >= 0.3 is 5.97 Å². The second-order valence-corrected chi connectivity index (χ2v) is 7.14. The highest BCUT2D eigenvalue weighted by Gasteiger charge is 2.42. The lowest BCUT2D eigenvalue weighted by molar-refractivity contribution is -0.147. The van der Waals surface area contributed by atoms with Crippen LogP contribution in [0.2, 0.25) is 0 Å². The molecule has 0 saturated carbocycles. The molecule has 0 spiro atoms. The summed E-state index contributed by atoms with van der Waals surface area (Å²) in [5.74, 6) is 0.403. The van der Waals surface area contributed by atoms with Crippen LogP contribution < -0.4 is 9.47 Å². The number of nitrogens with zero attached hydrogens (tertiary/aromatic N) is 1. The molecule has 1 aromatic rings. The van der Waals surface area contributed by atoms with Crippen LogP contribution in [0, 0.1) is 0 Å². The molecule has 0 bridgehead atoms. The number of carbonyl (C=O) groups excluding carboxylic acids is 1. The number of hydrogen-bond donors (Lipinski definition) is 0. The Morgan fingerprint density at radius 1 is 1.26 bits per heavy atom. The molecule has 2 aliphatic rings. The van der Waals surface area contributed by atoms with Crippen LogP contribution in [-0.2, 0) is 26.0 Å². The second-order valence-electron chi connectivity index (χ2n) is 5.28. The van der Waals surface area contributed by atoms with Gasteiger partial charge in [0, 0.05) is 19.0 Å². The number of likely N-dealkylation sites (N-methyl/N-ethyl adjacent to an activating group) is 1. The van der Waals surface area contributed by atoms with Crippen molar-refractivity contribution in [2.45, 2.75) is 31.2 Å². The van der Waals surface area contributed by atoms with Gasteiger partial charge in [-0.3, -0.25) is 4.79 Å². The van der Waals surface area contributed by atoms with Crippen molar-refractivity contribution in [3.05, 3.63) is 17.7 Å². The van der Waals surface area contributed by atoms with Gasteiger partial charge in [0.05, 0.1) is 11.5 Å². The van der Waals surface area contributed by atoms with Crippen LogP contribution in [0.4, 0.5) is 0 Å². The van der Waals surface area contributed by atoms with Crippen molar-refractivity contribution in [3.63, 3.8) is 0 Å². The summed E-state index contributed by atoms with van der Waals surface area (Å²) in [5.41, 5.74) is 0.553. The van der Waals surface area contributed by atoms with Gasteiger partial charge in [0.15, 0.2) is 11.5 Å². The zero-order valence-electron chi connectivity index (χ0n) is 13.1. The molecule has 0 amide bonds. The molecule has 0 fully saturated rings.